The van der Waals surface area contributed by atoms with Crippen molar-refractivity contribution in [2.45, 2.75) is 32.7 Å². The molecule has 0 saturated heterocycles. The summed E-state index contributed by atoms with van der Waals surface area (Å²) in [6.45, 7) is 7.16. The van der Waals surface area contributed by atoms with Crippen molar-refractivity contribution in [1.82, 2.24) is 10.2 Å². The van der Waals surface area contributed by atoms with Crippen molar-refractivity contribution < 1.29 is 9.53 Å². The van der Waals surface area contributed by atoms with Crippen LogP contribution < -0.4 is 11.1 Å². The quantitative estimate of drug-likeness (QED) is 0.577. The summed E-state index contributed by atoms with van der Waals surface area (Å²) in [4.78, 5) is 13.6. The Labute approximate surface area is 105 Å². The van der Waals surface area contributed by atoms with Crippen LogP contribution in [0, 0.1) is 0 Å². The van der Waals surface area contributed by atoms with Crippen molar-refractivity contribution in [1.29, 1.82) is 0 Å². The van der Waals surface area contributed by atoms with Crippen LogP contribution in [0.2, 0.25) is 0 Å². The van der Waals surface area contributed by atoms with Crippen LogP contribution in [0.3, 0.4) is 0 Å². The molecular formula is C12H27N3O2. The summed E-state index contributed by atoms with van der Waals surface area (Å²) in [7, 11) is 1.67. The van der Waals surface area contributed by atoms with Crippen LogP contribution in [0.25, 0.3) is 0 Å². The van der Waals surface area contributed by atoms with Crippen LogP contribution in [-0.2, 0) is 9.53 Å². The Balaban J connectivity index is 3.96. The number of nitrogens with one attached hydrogen (secondary N) is 1. The molecule has 0 aromatic heterocycles. The number of rotatable bonds is 10. The number of carbonyl (C=O) groups is 1. The van der Waals surface area contributed by atoms with E-state index in [9.17, 15) is 4.79 Å². The molecule has 0 aliphatic carbocycles. The molecule has 102 valence electrons. The van der Waals surface area contributed by atoms with Crippen LogP contribution in [0.15, 0.2) is 0 Å². The molecule has 0 aromatic carbocycles. The predicted octanol–water partition coefficient (Wildman–Crippen LogP) is 0.198. The minimum atomic E-state index is 0.142. The van der Waals surface area contributed by atoms with Gasteiger partial charge in [0.05, 0.1) is 13.2 Å². The molecule has 1 atom stereocenters. The molecule has 1 unspecified atom stereocenters. The van der Waals surface area contributed by atoms with Gasteiger partial charge in [-0.05, 0) is 33.2 Å². The Morgan fingerprint density at radius 2 is 2.06 bits per heavy atom. The van der Waals surface area contributed by atoms with Crippen LogP contribution in [0.5, 0.6) is 0 Å². The Morgan fingerprint density at radius 1 is 1.41 bits per heavy atom. The minimum absolute atomic E-state index is 0.142. The van der Waals surface area contributed by atoms with E-state index in [1.54, 1.807) is 7.11 Å². The van der Waals surface area contributed by atoms with Gasteiger partial charge in [-0.15, -0.1) is 0 Å². The summed E-state index contributed by atoms with van der Waals surface area (Å²) < 4.78 is 5.12. The highest BCUT2D eigenvalue weighted by molar-refractivity contribution is 5.78. The van der Waals surface area contributed by atoms with E-state index in [1.807, 2.05) is 18.7 Å². The number of nitrogens with two attached hydrogens (primary N) is 1. The molecular weight excluding hydrogens is 218 g/mol. The molecule has 0 bridgehead atoms. The molecule has 0 heterocycles. The summed E-state index contributed by atoms with van der Waals surface area (Å²) >= 11 is 0. The van der Waals surface area contributed by atoms with E-state index in [-0.39, 0.29) is 11.9 Å². The van der Waals surface area contributed by atoms with E-state index < -0.39 is 0 Å². The zero-order valence-electron chi connectivity index (χ0n) is 11.4. The second-order valence-electron chi connectivity index (χ2n) is 4.03. The Hall–Kier alpha value is -0.650. The Bertz CT molecular complexity index is 196. The second-order valence-corrected chi connectivity index (χ2v) is 4.03. The van der Waals surface area contributed by atoms with Crippen LogP contribution in [0.1, 0.15) is 26.7 Å². The molecule has 0 rings (SSSR count). The number of likely N-dealkylation sites (N-methyl/N-ethyl adjacent to an activating group) is 1. The standard InChI is InChI=1S/C12H27N3O2/c1-4-15(5-2)12(16)9-14-11(10-17-3)7-6-8-13/h11,14H,4-10,13H2,1-3H3. The van der Waals surface area contributed by atoms with Crippen molar-refractivity contribution in [3.63, 3.8) is 0 Å². The highest BCUT2D eigenvalue weighted by Crippen LogP contribution is 1.97. The van der Waals surface area contributed by atoms with Gasteiger partial charge in [-0.3, -0.25) is 4.79 Å². The first-order valence-electron chi connectivity index (χ1n) is 6.39. The van der Waals surface area contributed by atoms with Crippen molar-refractivity contribution in [2.75, 3.05) is 39.9 Å². The van der Waals surface area contributed by atoms with Gasteiger partial charge in [0.2, 0.25) is 5.91 Å². The summed E-state index contributed by atoms with van der Waals surface area (Å²) in [5, 5.41) is 3.23. The third-order valence-electron chi connectivity index (χ3n) is 2.78. The van der Waals surface area contributed by atoms with Gasteiger partial charge >= 0.3 is 0 Å². The van der Waals surface area contributed by atoms with Crippen molar-refractivity contribution >= 4 is 5.91 Å². The number of nitrogens with zero attached hydrogens (tertiary/aromatic N) is 1. The molecule has 3 N–H and O–H groups in total. The maximum Gasteiger partial charge on any atom is 0.236 e. The summed E-state index contributed by atoms with van der Waals surface area (Å²) in [6.07, 6.45) is 1.89. The molecule has 5 nitrogen and oxygen atoms in total. The van der Waals surface area contributed by atoms with Crippen LogP contribution >= 0.6 is 0 Å². The fraction of sp³-hybridized carbons (Fsp3) is 0.917. The van der Waals surface area contributed by atoms with Gasteiger partial charge in [0, 0.05) is 26.2 Å². The van der Waals surface area contributed by atoms with E-state index in [1.165, 1.54) is 0 Å². The smallest absolute Gasteiger partial charge is 0.236 e. The van der Waals surface area contributed by atoms with E-state index >= 15 is 0 Å². The number of hydrogen-bond donors (Lipinski definition) is 2. The minimum Gasteiger partial charge on any atom is -0.383 e. The summed E-state index contributed by atoms with van der Waals surface area (Å²) in [6, 6.07) is 0.211. The van der Waals surface area contributed by atoms with Gasteiger partial charge in [-0.25, -0.2) is 0 Å². The lowest BCUT2D eigenvalue weighted by Crippen LogP contribution is -2.43. The largest absolute Gasteiger partial charge is 0.383 e. The Morgan fingerprint density at radius 3 is 2.53 bits per heavy atom. The fourth-order valence-corrected chi connectivity index (χ4v) is 1.73. The third kappa shape index (κ3) is 7.31. The van der Waals surface area contributed by atoms with Gasteiger partial charge in [-0.2, -0.15) is 0 Å². The van der Waals surface area contributed by atoms with Gasteiger partial charge in [0.25, 0.3) is 0 Å². The molecule has 0 aliphatic rings. The SMILES string of the molecule is CCN(CC)C(=O)CNC(CCCN)COC. The Kier molecular flexibility index (Phi) is 10.1. The highest BCUT2D eigenvalue weighted by atomic mass is 16.5. The van der Waals surface area contributed by atoms with Crippen LogP contribution in [-0.4, -0.2) is 56.7 Å². The molecule has 0 saturated carbocycles. The van der Waals surface area contributed by atoms with Gasteiger partial charge in [0.15, 0.2) is 0 Å². The van der Waals surface area contributed by atoms with Gasteiger partial charge < -0.3 is 20.7 Å². The summed E-state index contributed by atoms with van der Waals surface area (Å²) in [5.74, 6) is 0.142. The number of carbonyl (C=O) groups excluding carboxylic acids is 1. The van der Waals surface area contributed by atoms with E-state index in [0.717, 1.165) is 25.9 Å². The maximum atomic E-state index is 11.8. The topological polar surface area (TPSA) is 67.6 Å². The molecule has 0 aromatic rings. The van der Waals surface area contributed by atoms with Crippen molar-refractivity contribution in [2.24, 2.45) is 5.73 Å². The molecule has 17 heavy (non-hydrogen) atoms. The molecule has 0 fully saturated rings. The number of hydrogen-bond acceptors (Lipinski definition) is 4. The maximum absolute atomic E-state index is 11.8. The number of methoxy groups -OCH3 is 1. The number of ether oxygens (including phenoxy) is 1. The van der Waals surface area contributed by atoms with Crippen molar-refractivity contribution in [3.8, 4) is 0 Å². The lowest BCUT2D eigenvalue weighted by atomic mass is 10.1. The first-order valence-corrected chi connectivity index (χ1v) is 6.39. The first-order chi connectivity index (χ1) is 8.19. The number of amides is 1. The normalized spacial score (nSPS) is 12.5. The molecule has 1 amide bonds. The molecule has 0 radical (unpaired) electrons. The zero-order valence-corrected chi connectivity index (χ0v) is 11.4. The van der Waals surface area contributed by atoms with Crippen LogP contribution in [0.4, 0.5) is 0 Å². The fourth-order valence-electron chi connectivity index (χ4n) is 1.73. The molecule has 5 heteroatoms. The average molecular weight is 245 g/mol. The van der Waals surface area contributed by atoms with Gasteiger partial charge in [0.1, 0.15) is 0 Å². The van der Waals surface area contributed by atoms with Gasteiger partial charge in [-0.1, -0.05) is 0 Å². The van der Waals surface area contributed by atoms with Crippen molar-refractivity contribution in [3.05, 3.63) is 0 Å². The predicted molar refractivity (Wildman–Crippen MR) is 69.9 cm³/mol. The van der Waals surface area contributed by atoms with E-state index in [2.05, 4.69) is 5.32 Å². The monoisotopic (exact) mass is 245 g/mol. The third-order valence-corrected chi connectivity index (χ3v) is 2.78. The lowest BCUT2D eigenvalue weighted by Gasteiger charge is -2.22. The first kappa shape index (κ1) is 16.4. The molecule has 0 spiro atoms. The average Bonchev–Trinajstić information content (AvgIpc) is 2.34. The summed E-state index contributed by atoms with van der Waals surface area (Å²) in [5.41, 5.74) is 5.48. The second kappa shape index (κ2) is 10.5. The van der Waals surface area contributed by atoms with E-state index in [0.29, 0.717) is 19.7 Å². The molecule has 0 aliphatic heterocycles. The highest BCUT2D eigenvalue weighted by Gasteiger charge is 2.13. The zero-order chi connectivity index (χ0) is 13.1. The van der Waals surface area contributed by atoms with E-state index in [4.69, 9.17) is 10.5 Å². The lowest BCUT2D eigenvalue weighted by molar-refractivity contribution is -0.130.